The minimum Gasteiger partial charge on any atom is -0.462 e. The van der Waals surface area contributed by atoms with Gasteiger partial charge < -0.3 is 18.8 Å². The van der Waals surface area contributed by atoms with Gasteiger partial charge in [-0.1, -0.05) is 47.1 Å². The molecule has 2 rings (SSSR count). The maximum atomic E-state index is 12.6. The number of hydrogen-bond donors (Lipinski definition) is 0. The zero-order valence-corrected chi connectivity index (χ0v) is 23.2. The van der Waals surface area contributed by atoms with Gasteiger partial charge in [0.05, 0.1) is 12.1 Å². The lowest BCUT2D eigenvalue weighted by Gasteiger charge is -2.13. The summed E-state index contributed by atoms with van der Waals surface area (Å²) in [4.78, 5) is 31.4. The number of esters is 2. The van der Waals surface area contributed by atoms with Crippen LogP contribution in [0.3, 0.4) is 0 Å². The summed E-state index contributed by atoms with van der Waals surface area (Å²) in [6.45, 7) is 8.72. The highest BCUT2D eigenvalue weighted by atomic mass is 16.5. The van der Waals surface area contributed by atoms with E-state index < -0.39 is 12.1 Å². The second-order valence-corrected chi connectivity index (χ2v) is 9.95. The zero-order valence-electron chi connectivity index (χ0n) is 23.2. The van der Waals surface area contributed by atoms with Crippen molar-refractivity contribution >= 4 is 11.9 Å². The average Bonchev–Trinajstić information content (AvgIpc) is 3.25. The van der Waals surface area contributed by atoms with Crippen molar-refractivity contribution in [2.24, 2.45) is 0 Å². The minimum absolute atomic E-state index is 0.194. The Hall–Kier alpha value is -3.19. The number of aryl methyl sites for hydroxylation is 1. The number of fused-ring (bicyclic) bond motifs is 2. The van der Waals surface area contributed by atoms with Gasteiger partial charge in [-0.05, 0) is 67.1 Å². The fourth-order valence-electron chi connectivity index (χ4n) is 3.77. The number of hydrogen-bond acceptors (Lipinski definition) is 7. The number of carbonyl (C=O) groups is 2. The molecule has 0 fully saturated rings. The molecule has 1 aliphatic heterocycles. The third-order valence-electron chi connectivity index (χ3n) is 5.70. The number of oxazole rings is 1. The van der Waals surface area contributed by atoms with Crippen LogP contribution in [0.5, 0.6) is 0 Å². The van der Waals surface area contributed by atoms with Crippen molar-refractivity contribution in [3.63, 3.8) is 0 Å². The standard InChI is InChI=1S/C30H42N2O5/c1-22(16-17-32(5)6)14-15-24(3)19-27-20-28-31-26(21-35-28)11-7-8-12-29(33)36-25(4)18-23(2)10-9-13-30(34)37-27/h9-10,13-16,19,21,25,27H,7-8,11-12,17-18,20H2,1-6H3/t25-,27+/m0/s1. The van der Waals surface area contributed by atoms with Gasteiger partial charge in [0.2, 0.25) is 0 Å². The van der Waals surface area contributed by atoms with Crippen LogP contribution in [0.4, 0.5) is 0 Å². The highest BCUT2D eigenvalue weighted by molar-refractivity contribution is 5.82. The molecular formula is C30H42N2O5. The summed E-state index contributed by atoms with van der Waals surface area (Å²) in [5, 5.41) is 0. The van der Waals surface area contributed by atoms with E-state index in [1.807, 2.05) is 59.2 Å². The van der Waals surface area contributed by atoms with E-state index >= 15 is 0 Å². The molecule has 7 nitrogen and oxygen atoms in total. The monoisotopic (exact) mass is 510 g/mol. The van der Waals surface area contributed by atoms with Gasteiger partial charge in [-0.25, -0.2) is 9.78 Å². The third-order valence-corrected chi connectivity index (χ3v) is 5.70. The zero-order chi connectivity index (χ0) is 27.2. The summed E-state index contributed by atoms with van der Waals surface area (Å²) in [7, 11) is 4.06. The van der Waals surface area contributed by atoms with Gasteiger partial charge >= 0.3 is 11.9 Å². The maximum absolute atomic E-state index is 12.6. The molecule has 37 heavy (non-hydrogen) atoms. The Bertz CT molecular complexity index is 1040. The van der Waals surface area contributed by atoms with Gasteiger partial charge in [0.1, 0.15) is 18.5 Å². The molecule has 0 spiro atoms. The topological polar surface area (TPSA) is 81.9 Å². The average molecular weight is 511 g/mol. The van der Waals surface area contributed by atoms with Crippen molar-refractivity contribution in [3.8, 4) is 0 Å². The van der Waals surface area contributed by atoms with Crippen LogP contribution in [0.15, 0.2) is 69.9 Å². The van der Waals surface area contributed by atoms with Crippen LogP contribution < -0.4 is 0 Å². The van der Waals surface area contributed by atoms with E-state index in [4.69, 9.17) is 13.9 Å². The number of likely N-dealkylation sites (N-methyl/N-ethyl adjacent to an activating group) is 1. The minimum atomic E-state index is -0.530. The second-order valence-electron chi connectivity index (χ2n) is 9.95. The fourth-order valence-corrected chi connectivity index (χ4v) is 3.77. The Morgan fingerprint density at radius 2 is 1.81 bits per heavy atom. The quantitative estimate of drug-likeness (QED) is 0.372. The summed E-state index contributed by atoms with van der Waals surface area (Å²) in [6.07, 6.45) is 17.5. The molecule has 0 saturated carbocycles. The van der Waals surface area contributed by atoms with E-state index in [-0.39, 0.29) is 12.1 Å². The van der Waals surface area contributed by atoms with Crippen LogP contribution in [0, 0.1) is 0 Å². The molecule has 2 atom stereocenters. The van der Waals surface area contributed by atoms with Crippen LogP contribution in [-0.4, -0.2) is 54.7 Å². The summed E-state index contributed by atoms with van der Waals surface area (Å²) >= 11 is 0. The van der Waals surface area contributed by atoms with Crippen molar-refractivity contribution in [3.05, 3.63) is 77.1 Å². The highest BCUT2D eigenvalue weighted by Gasteiger charge is 2.16. The Morgan fingerprint density at radius 1 is 1.08 bits per heavy atom. The van der Waals surface area contributed by atoms with Gasteiger partial charge in [0.25, 0.3) is 0 Å². The van der Waals surface area contributed by atoms with Crippen LogP contribution in [0.2, 0.25) is 0 Å². The summed E-state index contributed by atoms with van der Waals surface area (Å²) in [5.41, 5.74) is 3.95. The first-order valence-corrected chi connectivity index (χ1v) is 13.0. The molecule has 0 aliphatic carbocycles. The summed E-state index contributed by atoms with van der Waals surface area (Å²) < 4.78 is 16.9. The van der Waals surface area contributed by atoms with Gasteiger partial charge in [-0.3, -0.25) is 4.79 Å². The molecule has 1 aliphatic rings. The van der Waals surface area contributed by atoms with Crippen molar-refractivity contribution < 1.29 is 23.5 Å². The van der Waals surface area contributed by atoms with E-state index in [1.165, 1.54) is 6.08 Å². The number of allylic oxidation sites excluding steroid dienone is 6. The Morgan fingerprint density at radius 3 is 2.57 bits per heavy atom. The molecule has 2 bridgehead atoms. The van der Waals surface area contributed by atoms with E-state index in [9.17, 15) is 9.59 Å². The molecule has 0 N–H and O–H groups in total. The lowest BCUT2D eigenvalue weighted by Crippen LogP contribution is -2.18. The SMILES string of the molecule is CC(C=CC(C)=C[C@@H]1Cc2nc(co2)CCCCC(=O)O[C@@H](C)CC(C)=CC=CC(=O)O1)=CCN(C)C. The largest absolute Gasteiger partial charge is 0.462 e. The third kappa shape index (κ3) is 13.1. The number of carbonyl (C=O) groups excluding carboxylic acids is 2. The van der Waals surface area contributed by atoms with Crippen LogP contribution in [0.25, 0.3) is 0 Å². The van der Waals surface area contributed by atoms with Gasteiger partial charge in [0, 0.05) is 25.5 Å². The normalized spacial score (nSPS) is 21.8. The van der Waals surface area contributed by atoms with Gasteiger partial charge in [-0.15, -0.1) is 0 Å². The molecule has 202 valence electrons. The predicted molar refractivity (Wildman–Crippen MR) is 146 cm³/mol. The van der Waals surface area contributed by atoms with Crippen molar-refractivity contribution in [2.75, 3.05) is 20.6 Å². The van der Waals surface area contributed by atoms with Crippen molar-refractivity contribution in [1.82, 2.24) is 9.88 Å². The molecule has 7 heteroatoms. The molecule has 0 saturated heterocycles. The number of cyclic esters (lactones) is 2. The van der Waals surface area contributed by atoms with E-state index in [1.54, 1.807) is 12.3 Å². The molecule has 2 heterocycles. The second kappa shape index (κ2) is 15.8. The number of rotatable bonds is 5. The van der Waals surface area contributed by atoms with E-state index in [0.29, 0.717) is 31.6 Å². The molecule has 0 unspecified atom stereocenters. The lowest BCUT2D eigenvalue weighted by molar-refractivity contribution is -0.148. The number of aromatic nitrogens is 1. The Labute approximate surface area is 221 Å². The summed E-state index contributed by atoms with van der Waals surface area (Å²) in [6, 6.07) is 0. The smallest absolute Gasteiger partial charge is 0.331 e. The Balaban J connectivity index is 2.21. The van der Waals surface area contributed by atoms with Crippen LogP contribution >= 0.6 is 0 Å². The van der Waals surface area contributed by atoms with Crippen LogP contribution in [-0.2, 0) is 31.9 Å². The highest BCUT2D eigenvalue weighted by Crippen LogP contribution is 2.15. The molecule has 0 aromatic carbocycles. The van der Waals surface area contributed by atoms with Crippen molar-refractivity contribution in [1.29, 1.82) is 0 Å². The van der Waals surface area contributed by atoms with E-state index in [0.717, 1.165) is 41.8 Å². The summed E-state index contributed by atoms with van der Waals surface area (Å²) in [5.74, 6) is -0.136. The van der Waals surface area contributed by atoms with E-state index in [2.05, 4.69) is 22.9 Å². The first-order valence-electron chi connectivity index (χ1n) is 13.0. The number of ether oxygens (including phenoxy) is 2. The molecule has 0 amide bonds. The first kappa shape index (κ1) is 30.0. The lowest BCUT2D eigenvalue weighted by atomic mass is 10.1. The number of nitrogens with zero attached hydrogens (tertiary/aromatic N) is 2. The first-order chi connectivity index (χ1) is 17.6. The van der Waals surface area contributed by atoms with Gasteiger partial charge in [-0.2, -0.15) is 0 Å². The molecular weight excluding hydrogens is 468 g/mol. The predicted octanol–water partition coefficient (Wildman–Crippen LogP) is 5.69. The molecule has 1 aromatic rings. The molecule has 1 aromatic heterocycles. The van der Waals surface area contributed by atoms with Crippen molar-refractivity contribution in [2.45, 2.75) is 78.4 Å². The fraction of sp³-hybridized carbons (Fsp3) is 0.500. The molecule has 0 radical (unpaired) electrons. The van der Waals surface area contributed by atoms with Gasteiger partial charge in [0.15, 0.2) is 5.89 Å². The Kier molecular flexibility index (Phi) is 12.8. The maximum Gasteiger partial charge on any atom is 0.331 e. The van der Waals surface area contributed by atoms with Crippen LogP contribution in [0.1, 0.15) is 65.0 Å².